The van der Waals surface area contributed by atoms with E-state index < -0.39 is 16.6 Å². The van der Waals surface area contributed by atoms with Crippen LogP contribution in [0.2, 0.25) is 0 Å². The second-order valence-electron chi connectivity index (χ2n) is 5.66. The lowest BCUT2D eigenvalue weighted by Crippen LogP contribution is -2.36. The average molecular weight is 293 g/mol. The number of nitrogens with zero attached hydrogens (tertiary/aromatic N) is 3. The van der Waals surface area contributed by atoms with Crippen molar-refractivity contribution < 1.29 is 14.8 Å². The molecule has 1 aliphatic carbocycles. The molecule has 1 heterocycles. The van der Waals surface area contributed by atoms with Crippen LogP contribution in [-0.2, 0) is 0 Å². The lowest BCUT2D eigenvalue weighted by molar-refractivity contribution is -0.385. The van der Waals surface area contributed by atoms with Crippen molar-refractivity contribution in [2.45, 2.75) is 38.6 Å². The van der Waals surface area contributed by atoms with Crippen molar-refractivity contribution in [3.63, 3.8) is 0 Å². The van der Waals surface area contributed by atoms with Gasteiger partial charge in [0.2, 0.25) is 0 Å². The highest BCUT2D eigenvalue weighted by atomic mass is 16.6. The minimum absolute atomic E-state index is 0.296. The number of carboxylic acid groups (broad SMARTS) is 1. The third-order valence-electron chi connectivity index (χ3n) is 4.11. The van der Waals surface area contributed by atoms with E-state index >= 15 is 0 Å². The van der Waals surface area contributed by atoms with Crippen LogP contribution < -0.4 is 4.90 Å². The van der Waals surface area contributed by atoms with Crippen molar-refractivity contribution in [3.8, 4) is 0 Å². The standard InChI is InChI=1S/C14H19N3O4/c1-9-4-3-5-10(6-9)16(2)13-7-11(14(18)19)12(8-15-13)17(20)21/h7-10H,3-6H2,1-2H3,(H,18,19). The highest BCUT2D eigenvalue weighted by Gasteiger charge is 2.26. The molecule has 7 heteroatoms. The van der Waals surface area contributed by atoms with Gasteiger partial charge < -0.3 is 10.0 Å². The summed E-state index contributed by atoms with van der Waals surface area (Å²) in [5.74, 6) is -0.212. The van der Waals surface area contributed by atoms with Gasteiger partial charge >= 0.3 is 11.7 Å². The summed E-state index contributed by atoms with van der Waals surface area (Å²) in [5, 5.41) is 20.0. The predicted octanol–water partition coefficient (Wildman–Crippen LogP) is 2.70. The molecule has 1 aromatic rings. The topological polar surface area (TPSA) is 96.6 Å². The molecular weight excluding hydrogens is 274 g/mol. The van der Waals surface area contributed by atoms with Crippen LogP contribution in [0.1, 0.15) is 43.0 Å². The molecule has 2 atom stereocenters. The molecule has 1 N–H and O–H groups in total. The predicted molar refractivity (Wildman–Crippen MR) is 77.7 cm³/mol. The monoisotopic (exact) mass is 293 g/mol. The Labute approximate surface area is 122 Å². The molecule has 21 heavy (non-hydrogen) atoms. The molecule has 2 rings (SSSR count). The number of hydrogen-bond acceptors (Lipinski definition) is 5. The second-order valence-corrected chi connectivity index (χ2v) is 5.66. The molecule has 0 aliphatic heterocycles. The molecule has 0 amide bonds. The van der Waals surface area contributed by atoms with Gasteiger partial charge in [-0.3, -0.25) is 10.1 Å². The Morgan fingerprint density at radius 3 is 2.81 bits per heavy atom. The SMILES string of the molecule is CC1CCCC(N(C)c2cc(C(=O)O)c([N+](=O)[O-])cn2)C1. The van der Waals surface area contributed by atoms with Gasteiger partial charge in [-0.05, 0) is 18.8 Å². The van der Waals surface area contributed by atoms with Crippen LogP contribution >= 0.6 is 0 Å². The fourth-order valence-corrected chi connectivity index (χ4v) is 2.89. The maximum absolute atomic E-state index is 11.2. The fourth-order valence-electron chi connectivity index (χ4n) is 2.89. The molecular formula is C14H19N3O4. The third kappa shape index (κ3) is 3.29. The van der Waals surface area contributed by atoms with E-state index in [0.717, 1.165) is 25.5 Å². The quantitative estimate of drug-likeness (QED) is 0.677. The van der Waals surface area contributed by atoms with E-state index in [1.165, 1.54) is 12.5 Å². The highest BCUT2D eigenvalue weighted by molar-refractivity contribution is 5.93. The van der Waals surface area contributed by atoms with Gasteiger partial charge in [-0.15, -0.1) is 0 Å². The highest BCUT2D eigenvalue weighted by Crippen LogP contribution is 2.30. The molecule has 1 fully saturated rings. The average Bonchev–Trinajstić information content (AvgIpc) is 2.45. The van der Waals surface area contributed by atoms with Gasteiger partial charge in [0.05, 0.1) is 4.92 Å². The largest absolute Gasteiger partial charge is 0.477 e. The lowest BCUT2D eigenvalue weighted by atomic mass is 9.86. The van der Waals surface area contributed by atoms with Gasteiger partial charge in [0, 0.05) is 19.2 Å². The number of anilines is 1. The first-order valence-electron chi connectivity index (χ1n) is 7.00. The number of hydrogen-bond donors (Lipinski definition) is 1. The molecule has 7 nitrogen and oxygen atoms in total. The first-order valence-corrected chi connectivity index (χ1v) is 7.00. The van der Waals surface area contributed by atoms with Gasteiger partial charge in [-0.25, -0.2) is 9.78 Å². The normalized spacial score (nSPS) is 21.8. The summed E-state index contributed by atoms with van der Waals surface area (Å²) in [4.78, 5) is 27.3. The van der Waals surface area contributed by atoms with Crippen LogP contribution in [0.25, 0.3) is 0 Å². The number of carbonyl (C=O) groups is 1. The van der Waals surface area contributed by atoms with E-state index in [1.807, 2.05) is 11.9 Å². The minimum atomic E-state index is -1.31. The van der Waals surface area contributed by atoms with E-state index in [2.05, 4.69) is 11.9 Å². The van der Waals surface area contributed by atoms with Crippen LogP contribution in [-0.4, -0.2) is 34.1 Å². The Morgan fingerprint density at radius 1 is 1.52 bits per heavy atom. The number of rotatable bonds is 4. The lowest BCUT2D eigenvalue weighted by Gasteiger charge is -2.34. The molecule has 0 saturated heterocycles. The molecule has 0 aromatic carbocycles. The van der Waals surface area contributed by atoms with Gasteiger partial charge in [0.25, 0.3) is 0 Å². The van der Waals surface area contributed by atoms with Crippen molar-refractivity contribution in [1.29, 1.82) is 0 Å². The van der Waals surface area contributed by atoms with Gasteiger partial charge in [0.1, 0.15) is 17.6 Å². The van der Waals surface area contributed by atoms with E-state index in [1.54, 1.807) is 0 Å². The molecule has 2 unspecified atom stereocenters. The second kappa shape index (κ2) is 6.07. The van der Waals surface area contributed by atoms with Crippen molar-refractivity contribution >= 4 is 17.5 Å². The molecule has 114 valence electrons. The van der Waals surface area contributed by atoms with Gasteiger partial charge in [-0.1, -0.05) is 19.8 Å². The summed E-state index contributed by atoms with van der Waals surface area (Å²) in [6.45, 7) is 2.20. The number of carboxylic acids is 1. The van der Waals surface area contributed by atoms with E-state index in [-0.39, 0.29) is 5.56 Å². The third-order valence-corrected chi connectivity index (χ3v) is 4.11. The molecule has 1 aliphatic rings. The summed E-state index contributed by atoms with van der Waals surface area (Å²) >= 11 is 0. The van der Waals surface area contributed by atoms with Crippen LogP contribution in [0.3, 0.4) is 0 Å². The minimum Gasteiger partial charge on any atom is -0.477 e. The Balaban J connectivity index is 2.29. The van der Waals surface area contributed by atoms with Crippen molar-refractivity contribution in [2.24, 2.45) is 5.92 Å². The number of pyridine rings is 1. The molecule has 0 spiro atoms. The Morgan fingerprint density at radius 2 is 2.24 bits per heavy atom. The first kappa shape index (κ1) is 15.2. The molecule has 0 bridgehead atoms. The van der Waals surface area contributed by atoms with Crippen LogP contribution in [0.5, 0.6) is 0 Å². The number of aromatic carboxylic acids is 1. The Bertz CT molecular complexity index is 561. The Hall–Kier alpha value is -2.18. The fraction of sp³-hybridized carbons (Fsp3) is 0.571. The zero-order valence-electron chi connectivity index (χ0n) is 12.2. The summed E-state index contributed by atoms with van der Waals surface area (Å²) in [6, 6.07) is 1.59. The van der Waals surface area contributed by atoms with E-state index in [4.69, 9.17) is 5.11 Å². The number of nitro groups is 1. The summed E-state index contributed by atoms with van der Waals surface area (Å²) < 4.78 is 0. The molecule has 0 radical (unpaired) electrons. The molecule has 1 aromatic heterocycles. The van der Waals surface area contributed by atoms with E-state index in [9.17, 15) is 14.9 Å². The van der Waals surface area contributed by atoms with Gasteiger partial charge in [-0.2, -0.15) is 0 Å². The van der Waals surface area contributed by atoms with Crippen molar-refractivity contribution in [1.82, 2.24) is 4.98 Å². The van der Waals surface area contributed by atoms with Crippen molar-refractivity contribution in [3.05, 3.63) is 27.9 Å². The van der Waals surface area contributed by atoms with Gasteiger partial charge in [0.15, 0.2) is 0 Å². The maximum atomic E-state index is 11.2. The van der Waals surface area contributed by atoms with Crippen LogP contribution in [0, 0.1) is 16.0 Å². The zero-order chi connectivity index (χ0) is 15.6. The zero-order valence-corrected chi connectivity index (χ0v) is 12.2. The maximum Gasteiger partial charge on any atom is 0.342 e. The summed E-state index contributed by atoms with van der Waals surface area (Å²) in [6.07, 6.45) is 5.42. The van der Waals surface area contributed by atoms with Crippen LogP contribution in [0.15, 0.2) is 12.3 Å². The number of aromatic nitrogens is 1. The smallest absolute Gasteiger partial charge is 0.342 e. The van der Waals surface area contributed by atoms with Crippen molar-refractivity contribution in [2.75, 3.05) is 11.9 Å². The first-order chi connectivity index (χ1) is 9.90. The summed E-state index contributed by atoms with van der Waals surface area (Å²) in [7, 11) is 1.86. The van der Waals surface area contributed by atoms with E-state index in [0.29, 0.717) is 17.8 Å². The summed E-state index contributed by atoms with van der Waals surface area (Å²) in [5.41, 5.74) is -0.794. The molecule has 1 saturated carbocycles. The Kier molecular flexibility index (Phi) is 4.40. The van der Waals surface area contributed by atoms with Crippen LogP contribution in [0.4, 0.5) is 11.5 Å².